The molecule has 0 unspecified atom stereocenters. The molecule has 25 heavy (non-hydrogen) atoms. The lowest BCUT2D eigenvalue weighted by Crippen LogP contribution is -2.36. The molecule has 0 bridgehead atoms. The highest BCUT2D eigenvalue weighted by molar-refractivity contribution is 6.35. The summed E-state index contributed by atoms with van der Waals surface area (Å²) < 4.78 is 0. The zero-order valence-electron chi connectivity index (χ0n) is 13.5. The standard InChI is InChI=1S/C18H17Cl2N3O2/c19-13-9-14(20)11-15(10-13)22-17(24)12-4-5-21-16(8-12)18(25)23-6-2-1-3-7-23/h4-5,8-11H,1-3,6-7H2,(H,22,24). The Balaban J connectivity index is 1.76. The quantitative estimate of drug-likeness (QED) is 0.868. The second-order valence-electron chi connectivity index (χ2n) is 5.89. The summed E-state index contributed by atoms with van der Waals surface area (Å²) in [5.74, 6) is -0.492. The van der Waals surface area contributed by atoms with Crippen LogP contribution in [0.5, 0.6) is 0 Å². The van der Waals surface area contributed by atoms with Gasteiger partial charge in [0.2, 0.25) is 0 Å². The van der Waals surface area contributed by atoms with Crippen molar-refractivity contribution in [1.29, 1.82) is 0 Å². The van der Waals surface area contributed by atoms with Crippen LogP contribution in [0.25, 0.3) is 0 Å². The Morgan fingerprint density at radius 1 is 1.00 bits per heavy atom. The molecule has 2 amide bonds. The van der Waals surface area contributed by atoms with E-state index in [0.717, 1.165) is 32.4 Å². The molecule has 1 aliphatic rings. The molecule has 1 N–H and O–H groups in total. The fourth-order valence-corrected chi connectivity index (χ4v) is 3.30. The summed E-state index contributed by atoms with van der Waals surface area (Å²) in [5.41, 5.74) is 1.12. The molecule has 0 atom stereocenters. The van der Waals surface area contributed by atoms with Crippen LogP contribution in [0.4, 0.5) is 5.69 Å². The number of aromatic nitrogens is 1. The molecule has 1 aliphatic heterocycles. The topological polar surface area (TPSA) is 62.3 Å². The molecule has 1 saturated heterocycles. The van der Waals surface area contributed by atoms with E-state index in [4.69, 9.17) is 23.2 Å². The summed E-state index contributed by atoms with van der Waals surface area (Å²) >= 11 is 11.9. The zero-order valence-corrected chi connectivity index (χ0v) is 15.0. The van der Waals surface area contributed by atoms with E-state index in [0.29, 0.717) is 21.3 Å². The predicted octanol–water partition coefficient (Wildman–Crippen LogP) is 4.27. The van der Waals surface area contributed by atoms with Crippen molar-refractivity contribution in [3.8, 4) is 0 Å². The van der Waals surface area contributed by atoms with Crippen molar-refractivity contribution in [3.63, 3.8) is 0 Å². The van der Waals surface area contributed by atoms with Crippen molar-refractivity contribution in [1.82, 2.24) is 9.88 Å². The average molecular weight is 378 g/mol. The van der Waals surface area contributed by atoms with Crippen LogP contribution >= 0.6 is 23.2 Å². The van der Waals surface area contributed by atoms with Crippen molar-refractivity contribution in [2.24, 2.45) is 0 Å². The third-order valence-corrected chi connectivity index (χ3v) is 4.44. The van der Waals surface area contributed by atoms with Crippen LogP contribution in [0.2, 0.25) is 10.0 Å². The van der Waals surface area contributed by atoms with Crippen LogP contribution in [-0.4, -0.2) is 34.8 Å². The fourth-order valence-electron chi connectivity index (χ4n) is 2.78. The van der Waals surface area contributed by atoms with Crippen LogP contribution in [-0.2, 0) is 0 Å². The molecular weight excluding hydrogens is 361 g/mol. The summed E-state index contributed by atoms with van der Waals surface area (Å²) in [4.78, 5) is 30.9. The highest BCUT2D eigenvalue weighted by Gasteiger charge is 2.20. The number of likely N-dealkylation sites (tertiary alicyclic amines) is 1. The van der Waals surface area contributed by atoms with E-state index in [2.05, 4.69) is 10.3 Å². The molecule has 3 rings (SSSR count). The van der Waals surface area contributed by atoms with E-state index in [1.807, 2.05) is 0 Å². The molecule has 0 saturated carbocycles. The Morgan fingerprint density at radius 3 is 2.36 bits per heavy atom. The van der Waals surface area contributed by atoms with Gasteiger partial charge in [-0.2, -0.15) is 0 Å². The van der Waals surface area contributed by atoms with Crippen LogP contribution in [0.3, 0.4) is 0 Å². The maximum Gasteiger partial charge on any atom is 0.272 e. The first-order valence-corrected chi connectivity index (χ1v) is 8.81. The van der Waals surface area contributed by atoms with Gasteiger partial charge in [0.25, 0.3) is 11.8 Å². The summed E-state index contributed by atoms with van der Waals surface area (Å²) in [7, 11) is 0. The number of nitrogens with zero attached hydrogens (tertiary/aromatic N) is 2. The molecular formula is C18H17Cl2N3O2. The summed E-state index contributed by atoms with van der Waals surface area (Å²) in [5, 5.41) is 3.58. The van der Waals surface area contributed by atoms with E-state index in [-0.39, 0.29) is 17.5 Å². The number of anilines is 1. The number of halogens is 2. The Hall–Kier alpha value is -2.11. The van der Waals surface area contributed by atoms with Crippen molar-refractivity contribution in [2.45, 2.75) is 19.3 Å². The maximum atomic E-state index is 12.5. The van der Waals surface area contributed by atoms with Crippen molar-refractivity contribution in [3.05, 3.63) is 57.8 Å². The minimum atomic E-state index is -0.353. The maximum absolute atomic E-state index is 12.5. The molecule has 1 aromatic heterocycles. The van der Waals surface area contributed by atoms with Crippen LogP contribution < -0.4 is 5.32 Å². The Morgan fingerprint density at radius 2 is 1.68 bits per heavy atom. The molecule has 2 aromatic rings. The van der Waals surface area contributed by atoms with Crippen molar-refractivity contribution in [2.75, 3.05) is 18.4 Å². The number of benzene rings is 1. The third-order valence-electron chi connectivity index (χ3n) is 4.00. The van der Waals surface area contributed by atoms with E-state index < -0.39 is 0 Å². The van der Waals surface area contributed by atoms with Gasteiger partial charge in [0.1, 0.15) is 5.69 Å². The number of hydrogen-bond acceptors (Lipinski definition) is 3. The molecule has 0 aliphatic carbocycles. The minimum Gasteiger partial charge on any atom is -0.337 e. The molecule has 1 fully saturated rings. The van der Waals surface area contributed by atoms with Gasteiger partial charge in [-0.05, 0) is 49.6 Å². The monoisotopic (exact) mass is 377 g/mol. The van der Waals surface area contributed by atoms with Crippen LogP contribution in [0.1, 0.15) is 40.1 Å². The van der Waals surface area contributed by atoms with Crippen molar-refractivity contribution >= 4 is 40.7 Å². The van der Waals surface area contributed by atoms with E-state index in [1.165, 1.54) is 12.3 Å². The van der Waals surface area contributed by atoms with Gasteiger partial charge in [-0.15, -0.1) is 0 Å². The molecule has 5 nitrogen and oxygen atoms in total. The van der Waals surface area contributed by atoms with Gasteiger partial charge in [-0.25, -0.2) is 0 Å². The molecule has 0 radical (unpaired) electrons. The molecule has 0 spiro atoms. The Bertz CT molecular complexity index is 784. The lowest BCUT2D eigenvalue weighted by atomic mass is 10.1. The largest absolute Gasteiger partial charge is 0.337 e. The summed E-state index contributed by atoms with van der Waals surface area (Å²) in [6, 6.07) is 7.87. The molecule has 1 aromatic carbocycles. The minimum absolute atomic E-state index is 0.139. The smallest absolute Gasteiger partial charge is 0.272 e. The lowest BCUT2D eigenvalue weighted by molar-refractivity contribution is 0.0718. The van der Waals surface area contributed by atoms with Gasteiger partial charge in [-0.3, -0.25) is 14.6 Å². The molecule has 7 heteroatoms. The van der Waals surface area contributed by atoms with E-state index >= 15 is 0 Å². The Labute approximate surface area is 155 Å². The van der Waals surface area contributed by atoms with Gasteiger partial charge in [0, 0.05) is 40.6 Å². The highest BCUT2D eigenvalue weighted by atomic mass is 35.5. The molecule has 2 heterocycles. The van der Waals surface area contributed by atoms with Gasteiger partial charge in [-0.1, -0.05) is 23.2 Å². The second-order valence-corrected chi connectivity index (χ2v) is 6.77. The number of pyridine rings is 1. The number of rotatable bonds is 3. The summed E-state index contributed by atoms with van der Waals surface area (Å²) in [6.07, 6.45) is 4.61. The number of carbonyl (C=O) groups excluding carboxylic acids is 2. The highest BCUT2D eigenvalue weighted by Crippen LogP contribution is 2.23. The van der Waals surface area contributed by atoms with Crippen molar-refractivity contribution < 1.29 is 9.59 Å². The zero-order chi connectivity index (χ0) is 17.8. The van der Waals surface area contributed by atoms with E-state index in [1.54, 1.807) is 29.2 Å². The second kappa shape index (κ2) is 7.85. The van der Waals surface area contributed by atoms with Gasteiger partial charge >= 0.3 is 0 Å². The summed E-state index contributed by atoms with van der Waals surface area (Å²) in [6.45, 7) is 1.47. The third kappa shape index (κ3) is 4.50. The van der Waals surface area contributed by atoms with E-state index in [9.17, 15) is 9.59 Å². The number of amides is 2. The van der Waals surface area contributed by atoms with Gasteiger partial charge < -0.3 is 10.2 Å². The van der Waals surface area contributed by atoms with Gasteiger partial charge in [0.15, 0.2) is 0 Å². The first-order chi connectivity index (χ1) is 12.0. The SMILES string of the molecule is O=C(Nc1cc(Cl)cc(Cl)c1)c1ccnc(C(=O)N2CCCCC2)c1. The first-order valence-electron chi connectivity index (χ1n) is 8.06. The number of hydrogen-bond donors (Lipinski definition) is 1. The van der Waals surface area contributed by atoms with Crippen LogP contribution in [0.15, 0.2) is 36.5 Å². The number of nitrogens with one attached hydrogen (secondary N) is 1. The molecule has 130 valence electrons. The predicted molar refractivity (Wildman–Crippen MR) is 98.4 cm³/mol. The number of carbonyl (C=O) groups is 2. The first kappa shape index (κ1) is 17.7. The number of piperidine rings is 1. The normalized spacial score (nSPS) is 14.2. The Kier molecular flexibility index (Phi) is 5.56. The average Bonchev–Trinajstić information content (AvgIpc) is 2.61. The lowest BCUT2D eigenvalue weighted by Gasteiger charge is -2.26. The van der Waals surface area contributed by atoms with Crippen LogP contribution in [0, 0.1) is 0 Å². The fraction of sp³-hybridized carbons (Fsp3) is 0.278. The van der Waals surface area contributed by atoms with Gasteiger partial charge in [0.05, 0.1) is 0 Å².